The van der Waals surface area contributed by atoms with Gasteiger partial charge >= 0.3 is 0 Å². The van der Waals surface area contributed by atoms with Gasteiger partial charge in [0.25, 0.3) is 0 Å². The quantitative estimate of drug-likeness (QED) is 0.803. The van der Waals surface area contributed by atoms with Gasteiger partial charge in [0.2, 0.25) is 0 Å². The van der Waals surface area contributed by atoms with E-state index in [1.165, 1.54) is 0 Å². The monoisotopic (exact) mass is 241 g/mol. The lowest BCUT2D eigenvalue weighted by Crippen LogP contribution is -2.47. The van der Waals surface area contributed by atoms with Gasteiger partial charge in [0.1, 0.15) is 0 Å². The summed E-state index contributed by atoms with van der Waals surface area (Å²) in [6, 6.07) is 7.79. The molecule has 0 aliphatic rings. The molecule has 1 rings (SSSR count). The van der Waals surface area contributed by atoms with Crippen LogP contribution in [0.1, 0.15) is 32.3 Å². The van der Waals surface area contributed by atoms with Crippen LogP contribution in [0.25, 0.3) is 0 Å². The zero-order valence-corrected chi connectivity index (χ0v) is 10.7. The molecule has 0 saturated heterocycles. The van der Waals surface area contributed by atoms with Gasteiger partial charge < -0.3 is 10.4 Å². The Balaban J connectivity index is 2.62. The average Bonchev–Trinajstić information content (AvgIpc) is 2.32. The zero-order chi connectivity index (χ0) is 12.0. The summed E-state index contributed by atoms with van der Waals surface area (Å²) < 4.78 is 0. The second-order valence-corrected chi connectivity index (χ2v) is 4.57. The first-order chi connectivity index (χ1) is 7.65. The van der Waals surface area contributed by atoms with E-state index in [-0.39, 0.29) is 12.1 Å². The maximum absolute atomic E-state index is 9.42. The minimum Gasteiger partial charge on any atom is -0.394 e. The standard InChI is InChI=1S/C13H20ClNO/c1-3-13(4-2,10-16)15-9-11-6-5-7-12(14)8-11/h5-8,15-16H,3-4,9-10H2,1-2H3. The van der Waals surface area contributed by atoms with Gasteiger partial charge in [-0.25, -0.2) is 0 Å². The summed E-state index contributed by atoms with van der Waals surface area (Å²) in [4.78, 5) is 0. The Kier molecular flexibility index (Phi) is 5.26. The van der Waals surface area contributed by atoms with Crippen LogP contribution in [0.2, 0.25) is 5.02 Å². The van der Waals surface area contributed by atoms with E-state index >= 15 is 0 Å². The molecule has 0 fully saturated rings. The van der Waals surface area contributed by atoms with Crippen LogP contribution in [-0.4, -0.2) is 17.3 Å². The molecule has 1 aromatic carbocycles. The minimum atomic E-state index is -0.164. The molecule has 0 aromatic heterocycles. The van der Waals surface area contributed by atoms with Crippen LogP contribution >= 0.6 is 11.6 Å². The van der Waals surface area contributed by atoms with Gasteiger partial charge in [0, 0.05) is 17.1 Å². The predicted octanol–water partition coefficient (Wildman–Crippen LogP) is 2.98. The Hall–Kier alpha value is -0.570. The zero-order valence-electron chi connectivity index (χ0n) is 9.96. The third kappa shape index (κ3) is 3.48. The molecule has 1 aromatic rings. The van der Waals surface area contributed by atoms with Crippen LogP contribution in [0, 0.1) is 0 Å². The smallest absolute Gasteiger partial charge is 0.0613 e. The van der Waals surface area contributed by atoms with E-state index in [0.717, 1.165) is 30.0 Å². The number of hydrogen-bond donors (Lipinski definition) is 2. The fraction of sp³-hybridized carbons (Fsp3) is 0.538. The summed E-state index contributed by atoms with van der Waals surface area (Å²) in [5.41, 5.74) is 0.981. The van der Waals surface area contributed by atoms with Crippen LogP contribution in [0.3, 0.4) is 0 Å². The molecular weight excluding hydrogens is 222 g/mol. The third-order valence-electron chi connectivity index (χ3n) is 3.21. The van der Waals surface area contributed by atoms with E-state index in [4.69, 9.17) is 11.6 Å². The van der Waals surface area contributed by atoms with E-state index in [9.17, 15) is 5.11 Å². The number of nitrogens with one attached hydrogen (secondary N) is 1. The molecule has 0 unspecified atom stereocenters. The van der Waals surface area contributed by atoms with E-state index in [2.05, 4.69) is 19.2 Å². The van der Waals surface area contributed by atoms with Crippen molar-refractivity contribution in [2.45, 2.75) is 38.8 Å². The van der Waals surface area contributed by atoms with Crippen molar-refractivity contribution in [2.75, 3.05) is 6.61 Å². The van der Waals surface area contributed by atoms with E-state index < -0.39 is 0 Å². The fourth-order valence-corrected chi connectivity index (χ4v) is 1.93. The van der Waals surface area contributed by atoms with Gasteiger partial charge in [0.15, 0.2) is 0 Å². The first-order valence-corrected chi connectivity index (χ1v) is 6.14. The lowest BCUT2D eigenvalue weighted by molar-refractivity contribution is 0.149. The summed E-state index contributed by atoms with van der Waals surface area (Å²) in [5.74, 6) is 0. The Morgan fingerprint density at radius 1 is 1.31 bits per heavy atom. The molecule has 0 amide bonds. The summed E-state index contributed by atoms with van der Waals surface area (Å²) in [6.45, 7) is 5.08. The molecular formula is C13H20ClNO. The van der Waals surface area contributed by atoms with Gasteiger partial charge in [-0.2, -0.15) is 0 Å². The minimum absolute atomic E-state index is 0.164. The largest absolute Gasteiger partial charge is 0.394 e. The second-order valence-electron chi connectivity index (χ2n) is 4.13. The number of halogens is 1. The molecule has 0 aliphatic heterocycles. The van der Waals surface area contributed by atoms with E-state index in [1.807, 2.05) is 24.3 Å². The number of rotatable bonds is 6. The second kappa shape index (κ2) is 6.24. The first-order valence-electron chi connectivity index (χ1n) is 5.76. The number of benzene rings is 1. The normalized spacial score (nSPS) is 11.8. The van der Waals surface area contributed by atoms with Crippen molar-refractivity contribution >= 4 is 11.6 Å². The number of hydrogen-bond acceptors (Lipinski definition) is 2. The third-order valence-corrected chi connectivity index (χ3v) is 3.45. The summed E-state index contributed by atoms with van der Waals surface area (Å²) in [7, 11) is 0. The summed E-state index contributed by atoms with van der Waals surface area (Å²) in [6.07, 6.45) is 1.83. The lowest BCUT2D eigenvalue weighted by Gasteiger charge is -2.31. The van der Waals surface area contributed by atoms with Gasteiger partial charge in [-0.15, -0.1) is 0 Å². The Bertz CT molecular complexity index is 315. The van der Waals surface area contributed by atoms with Crippen molar-refractivity contribution in [1.29, 1.82) is 0 Å². The first kappa shape index (κ1) is 13.5. The molecule has 0 atom stereocenters. The summed E-state index contributed by atoms with van der Waals surface area (Å²) >= 11 is 5.92. The molecule has 3 heteroatoms. The maximum atomic E-state index is 9.42. The van der Waals surface area contributed by atoms with Crippen molar-refractivity contribution in [2.24, 2.45) is 0 Å². The van der Waals surface area contributed by atoms with Crippen molar-refractivity contribution in [3.05, 3.63) is 34.9 Å². The molecule has 90 valence electrons. The SMILES string of the molecule is CCC(CC)(CO)NCc1cccc(Cl)c1. The van der Waals surface area contributed by atoms with Crippen LogP contribution in [0.4, 0.5) is 0 Å². The fourth-order valence-electron chi connectivity index (χ4n) is 1.72. The highest BCUT2D eigenvalue weighted by Crippen LogP contribution is 2.16. The molecule has 0 heterocycles. The maximum Gasteiger partial charge on any atom is 0.0613 e. The topological polar surface area (TPSA) is 32.3 Å². The number of aliphatic hydroxyl groups is 1. The van der Waals surface area contributed by atoms with E-state index in [0.29, 0.717) is 0 Å². The van der Waals surface area contributed by atoms with Crippen LogP contribution in [0.5, 0.6) is 0 Å². The van der Waals surface area contributed by atoms with Crippen LogP contribution < -0.4 is 5.32 Å². The highest BCUT2D eigenvalue weighted by molar-refractivity contribution is 6.30. The van der Waals surface area contributed by atoms with E-state index in [1.54, 1.807) is 0 Å². The summed E-state index contributed by atoms with van der Waals surface area (Å²) in [5, 5.41) is 13.6. The molecule has 2 N–H and O–H groups in total. The van der Waals surface area contributed by atoms with Crippen molar-refractivity contribution in [3.8, 4) is 0 Å². The lowest BCUT2D eigenvalue weighted by atomic mass is 9.93. The van der Waals surface area contributed by atoms with Gasteiger partial charge in [-0.05, 0) is 30.5 Å². The Morgan fingerprint density at radius 3 is 2.50 bits per heavy atom. The predicted molar refractivity (Wildman–Crippen MR) is 68.7 cm³/mol. The molecule has 0 spiro atoms. The van der Waals surface area contributed by atoms with Crippen molar-refractivity contribution in [1.82, 2.24) is 5.32 Å². The Morgan fingerprint density at radius 2 is 2.00 bits per heavy atom. The van der Waals surface area contributed by atoms with Gasteiger partial charge in [-0.1, -0.05) is 37.6 Å². The highest BCUT2D eigenvalue weighted by atomic mass is 35.5. The molecule has 16 heavy (non-hydrogen) atoms. The van der Waals surface area contributed by atoms with Crippen molar-refractivity contribution < 1.29 is 5.11 Å². The van der Waals surface area contributed by atoms with Gasteiger partial charge in [-0.3, -0.25) is 0 Å². The van der Waals surface area contributed by atoms with Crippen molar-refractivity contribution in [3.63, 3.8) is 0 Å². The molecule has 2 nitrogen and oxygen atoms in total. The molecule has 0 saturated carbocycles. The van der Waals surface area contributed by atoms with Gasteiger partial charge in [0.05, 0.1) is 6.61 Å². The average molecular weight is 242 g/mol. The number of aliphatic hydroxyl groups excluding tert-OH is 1. The molecule has 0 radical (unpaired) electrons. The highest BCUT2D eigenvalue weighted by Gasteiger charge is 2.23. The Labute approximate surface area is 103 Å². The van der Waals surface area contributed by atoms with Crippen LogP contribution in [0.15, 0.2) is 24.3 Å². The van der Waals surface area contributed by atoms with Crippen LogP contribution in [-0.2, 0) is 6.54 Å². The molecule has 0 aliphatic carbocycles. The molecule has 0 bridgehead atoms.